The van der Waals surface area contributed by atoms with Crippen molar-refractivity contribution in [3.63, 3.8) is 0 Å². The number of halogens is 1. The summed E-state index contributed by atoms with van der Waals surface area (Å²) in [6, 6.07) is 0. The molecule has 1 amide bonds. The molecule has 0 radical (unpaired) electrons. The van der Waals surface area contributed by atoms with E-state index in [1.807, 2.05) is 28.6 Å². The molecule has 17 heavy (non-hydrogen) atoms. The van der Waals surface area contributed by atoms with Crippen LogP contribution < -0.4 is 22.7 Å². The highest BCUT2D eigenvalue weighted by Crippen LogP contribution is 2.14. The van der Waals surface area contributed by atoms with E-state index in [1.165, 1.54) is 11.8 Å². The molecule has 0 saturated heterocycles. The molecule has 0 unspecified atom stereocenters. The maximum atomic E-state index is 10.9. The lowest BCUT2D eigenvalue weighted by Gasteiger charge is -2.00. The third kappa shape index (κ3) is 5.23. The van der Waals surface area contributed by atoms with Gasteiger partial charge in [0.05, 0.1) is 25.8 Å². The van der Waals surface area contributed by atoms with Gasteiger partial charge in [-0.15, -0.1) is 0 Å². The second-order valence-corrected chi connectivity index (χ2v) is 4.53. The molecule has 0 spiro atoms. The van der Waals surface area contributed by atoms with Crippen LogP contribution in [0.4, 0.5) is 0 Å². The smallest absolute Gasteiger partial charge is 0.318 e. The van der Waals surface area contributed by atoms with Crippen LogP contribution in [-0.2, 0) is 23.2 Å². The summed E-state index contributed by atoms with van der Waals surface area (Å²) in [5.41, 5.74) is 5.10. The summed E-state index contributed by atoms with van der Waals surface area (Å²) in [6.45, 7) is 2.11. The second kappa shape index (κ2) is 7.34. The third-order valence-electron chi connectivity index (χ3n) is 2.02. The van der Waals surface area contributed by atoms with Crippen LogP contribution in [0.2, 0.25) is 0 Å². The number of rotatable bonds is 6. The number of nitrogens with two attached hydrogens (primary N) is 1. The lowest BCUT2D eigenvalue weighted by molar-refractivity contribution is -0.709. The van der Waals surface area contributed by atoms with E-state index in [2.05, 4.69) is 0 Å². The Hall–Kier alpha value is -1.01. The molecule has 2 N–H and O–H groups in total. The molecule has 0 aliphatic carbocycles. The first kappa shape index (κ1) is 16.0. The Morgan fingerprint density at radius 2 is 2.18 bits per heavy atom. The number of amides is 1. The average Bonchev–Trinajstić information content (AvgIpc) is 2.53. The molecule has 5 nitrogen and oxygen atoms in total. The lowest BCUT2D eigenvalue weighted by atomic mass is 10.4. The van der Waals surface area contributed by atoms with Crippen molar-refractivity contribution in [3.8, 4) is 0 Å². The average molecular weight is 278 g/mol. The standard InChI is InChI=1S/C10H15N3O2S.ClH/c1-8(14)7-16-10-12(2)5-6-13(10)4-3-9(11)15;/h5-6H,3-4,7H2,1-2H3,(H-,11,15);1H. The summed E-state index contributed by atoms with van der Waals surface area (Å²) in [4.78, 5) is 21.6. The fraction of sp³-hybridized carbons (Fsp3) is 0.500. The van der Waals surface area contributed by atoms with Gasteiger partial charge in [0.25, 0.3) is 0 Å². The molecule has 0 bridgehead atoms. The molecule has 0 aromatic carbocycles. The number of carbonyl (C=O) groups excluding carboxylic acids is 2. The number of hydrogen-bond donors (Lipinski definition) is 1. The molecule has 0 fully saturated rings. The zero-order valence-corrected chi connectivity index (χ0v) is 11.4. The van der Waals surface area contributed by atoms with Crippen molar-refractivity contribution < 1.29 is 26.6 Å². The molecule has 1 aromatic rings. The number of ketones is 1. The molecule has 1 aromatic heterocycles. The van der Waals surface area contributed by atoms with Crippen molar-refractivity contribution in [1.29, 1.82) is 0 Å². The first-order chi connectivity index (χ1) is 7.50. The van der Waals surface area contributed by atoms with E-state index in [0.717, 1.165) is 5.16 Å². The van der Waals surface area contributed by atoms with Gasteiger partial charge in [-0.1, -0.05) is 0 Å². The Bertz CT molecular complexity index is 406. The van der Waals surface area contributed by atoms with Crippen molar-refractivity contribution in [1.82, 2.24) is 4.57 Å². The molecule has 1 rings (SSSR count). The Labute approximate surface area is 111 Å². The van der Waals surface area contributed by atoms with Crippen molar-refractivity contribution in [3.05, 3.63) is 12.4 Å². The zero-order valence-electron chi connectivity index (χ0n) is 9.85. The molecule has 0 aliphatic rings. The highest BCUT2D eigenvalue weighted by molar-refractivity contribution is 7.99. The van der Waals surface area contributed by atoms with Crippen molar-refractivity contribution in [2.24, 2.45) is 12.8 Å². The molecule has 0 aliphatic heterocycles. The first-order valence-electron chi connectivity index (χ1n) is 4.96. The van der Waals surface area contributed by atoms with Crippen molar-refractivity contribution in [2.75, 3.05) is 5.75 Å². The van der Waals surface area contributed by atoms with Crippen LogP contribution in [0.25, 0.3) is 0 Å². The number of aromatic nitrogens is 2. The molecular formula is C10H16ClN3O2S. The van der Waals surface area contributed by atoms with Crippen LogP contribution in [0.5, 0.6) is 0 Å². The number of nitrogens with zero attached hydrogens (tertiary/aromatic N) is 2. The van der Waals surface area contributed by atoms with E-state index in [-0.39, 0.29) is 24.1 Å². The van der Waals surface area contributed by atoms with Crippen LogP contribution in [0.1, 0.15) is 13.3 Å². The van der Waals surface area contributed by atoms with E-state index < -0.39 is 0 Å². The number of hydrogen-bond acceptors (Lipinski definition) is 3. The highest BCUT2D eigenvalue weighted by atomic mass is 35.5. The van der Waals surface area contributed by atoms with E-state index in [0.29, 0.717) is 18.7 Å². The van der Waals surface area contributed by atoms with Gasteiger partial charge < -0.3 is 18.1 Å². The predicted molar refractivity (Wildman–Crippen MR) is 60.8 cm³/mol. The maximum absolute atomic E-state index is 10.9. The van der Waals surface area contributed by atoms with Crippen molar-refractivity contribution in [2.45, 2.75) is 25.0 Å². The van der Waals surface area contributed by atoms with E-state index in [1.54, 1.807) is 6.92 Å². The molecule has 0 atom stereocenters. The second-order valence-electron chi connectivity index (χ2n) is 3.59. The van der Waals surface area contributed by atoms with Gasteiger partial charge in [-0.05, 0) is 18.7 Å². The minimum atomic E-state index is -0.320. The van der Waals surface area contributed by atoms with Gasteiger partial charge >= 0.3 is 5.16 Å². The summed E-state index contributed by atoms with van der Waals surface area (Å²) in [6.07, 6.45) is 4.08. The van der Waals surface area contributed by atoms with E-state index in [9.17, 15) is 9.59 Å². The van der Waals surface area contributed by atoms with Gasteiger partial charge in [-0.25, -0.2) is 9.13 Å². The summed E-state index contributed by atoms with van der Waals surface area (Å²) >= 11 is 1.46. The Morgan fingerprint density at radius 1 is 1.53 bits per heavy atom. The van der Waals surface area contributed by atoms with Gasteiger partial charge in [0.1, 0.15) is 18.2 Å². The topological polar surface area (TPSA) is 69.0 Å². The minimum absolute atomic E-state index is 0. The quantitative estimate of drug-likeness (QED) is 0.442. The molecule has 1 heterocycles. The van der Waals surface area contributed by atoms with E-state index in [4.69, 9.17) is 5.73 Å². The number of carbonyl (C=O) groups is 2. The van der Waals surface area contributed by atoms with Crippen molar-refractivity contribution >= 4 is 23.5 Å². The SMILES string of the molecule is CC(=O)CSc1n(CCC(N)=O)cc[n+]1C.[Cl-]. The van der Waals surface area contributed by atoms with Crippen LogP contribution in [0.3, 0.4) is 0 Å². The minimum Gasteiger partial charge on any atom is -1.00 e. The van der Waals surface area contributed by atoms with Gasteiger partial charge in [-0.2, -0.15) is 0 Å². The zero-order chi connectivity index (χ0) is 12.1. The van der Waals surface area contributed by atoms with Crippen LogP contribution in [0.15, 0.2) is 17.6 Å². The summed E-state index contributed by atoms with van der Waals surface area (Å²) in [5, 5.41) is 0.955. The van der Waals surface area contributed by atoms with Gasteiger partial charge in [0.15, 0.2) is 0 Å². The van der Waals surface area contributed by atoms with Crippen LogP contribution >= 0.6 is 11.8 Å². The Kier molecular flexibility index (Phi) is 6.91. The van der Waals surface area contributed by atoms with Gasteiger partial charge in [-0.3, -0.25) is 9.59 Å². The number of primary amides is 1. The molecule has 96 valence electrons. The largest absolute Gasteiger partial charge is 1.00 e. The van der Waals surface area contributed by atoms with Gasteiger partial charge in [0, 0.05) is 0 Å². The first-order valence-corrected chi connectivity index (χ1v) is 5.94. The van der Waals surface area contributed by atoms with E-state index >= 15 is 0 Å². The summed E-state index contributed by atoms with van der Waals surface area (Å²) in [7, 11) is 1.91. The predicted octanol–water partition coefficient (Wildman–Crippen LogP) is -3.13. The van der Waals surface area contributed by atoms with Crippen LogP contribution in [0, 0.1) is 0 Å². The molecular weight excluding hydrogens is 262 g/mol. The maximum Gasteiger partial charge on any atom is 0.318 e. The van der Waals surface area contributed by atoms with Crippen LogP contribution in [-0.4, -0.2) is 22.0 Å². The van der Waals surface area contributed by atoms with Gasteiger partial charge in [0.2, 0.25) is 5.91 Å². The molecule has 7 heteroatoms. The number of aryl methyl sites for hydroxylation is 2. The number of thioether (sulfide) groups is 1. The third-order valence-corrected chi connectivity index (χ3v) is 3.35. The summed E-state index contributed by atoms with van der Waals surface area (Å²) in [5.74, 6) is 0.251. The Balaban J connectivity index is 0.00000256. The Morgan fingerprint density at radius 3 is 2.71 bits per heavy atom. The normalized spacial score (nSPS) is 9.76. The number of imidazole rings is 1. The lowest BCUT2D eigenvalue weighted by Crippen LogP contribution is -3.00. The molecule has 0 saturated carbocycles. The summed E-state index contributed by atoms with van der Waals surface area (Å²) < 4.78 is 3.85. The fourth-order valence-corrected chi connectivity index (χ4v) is 2.18. The number of Topliss-reactive ketones (excluding diaryl/α,β-unsaturated/α-hetero) is 1. The monoisotopic (exact) mass is 277 g/mol. The fourth-order valence-electron chi connectivity index (χ4n) is 1.26. The highest BCUT2D eigenvalue weighted by Gasteiger charge is 2.16.